The Hall–Kier alpha value is -1.58. The van der Waals surface area contributed by atoms with E-state index in [1.54, 1.807) is 12.1 Å². The smallest absolute Gasteiger partial charge is 0.224 e. The molecule has 1 aromatic carbocycles. The Balaban J connectivity index is 1.85. The summed E-state index contributed by atoms with van der Waals surface area (Å²) >= 11 is 0. The summed E-state index contributed by atoms with van der Waals surface area (Å²) in [6.45, 7) is 2.20. The summed E-state index contributed by atoms with van der Waals surface area (Å²) in [6, 6.07) is 3.63. The lowest BCUT2D eigenvalue weighted by Gasteiger charge is -2.22. The van der Waals surface area contributed by atoms with Gasteiger partial charge in [0.25, 0.3) is 0 Å². The minimum Gasteiger partial charge on any atom is -0.380 e. The number of rotatable bonds is 2. The fourth-order valence-electron chi connectivity index (χ4n) is 3.07. The van der Waals surface area contributed by atoms with Crippen LogP contribution in [0.15, 0.2) is 12.1 Å². The Morgan fingerprint density at radius 2 is 2.16 bits per heavy atom. The highest BCUT2D eigenvalue weighted by molar-refractivity contribution is 5.94. The molecule has 1 heterocycles. The van der Waals surface area contributed by atoms with Gasteiger partial charge >= 0.3 is 0 Å². The summed E-state index contributed by atoms with van der Waals surface area (Å²) in [7, 11) is 0. The SMILES string of the molecule is CC1CCCC1Nc1cc2c(cc1F)CCC(=O)N2. The lowest BCUT2D eigenvalue weighted by molar-refractivity contribution is -0.116. The maximum Gasteiger partial charge on any atom is 0.224 e. The quantitative estimate of drug-likeness (QED) is 0.858. The number of carbonyl (C=O) groups excluding carboxylic acids is 1. The Kier molecular flexibility index (Phi) is 3.17. The van der Waals surface area contributed by atoms with Crippen LogP contribution in [0.1, 0.15) is 38.2 Å². The van der Waals surface area contributed by atoms with Crippen molar-refractivity contribution < 1.29 is 9.18 Å². The normalized spacial score (nSPS) is 25.9. The van der Waals surface area contributed by atoms with Crippen LogP contribution >= 0.6 is 0 Å². The molecule has 1 fully saturated rings. The first-order valence-corrected chi connectivity index (χ1v) is 7.02. The first-order valence-electron chi connectivity index (χ1n) is 7.02. The van der Waals surface area contributed by atoms with Gasteiger partial charge in [-0.3, -0.25) is 4.79 Å². The van der Waals surface area contributed by atoms with Gasteiger partial charge in [-0.05, 0) is 42.9 Å². The fourth-order valence-corrected chi connectivity index (χ4v) is 3.07. The van der Waals surface area contributed by atoms with Gasteiger partial charge in [0.05, 0.1) is 5.69 Å². The van der Waals surface area contributed by atoms with E-state index in [-0.39, 0.29) is 11.7 Å². The van der Waals surface area contributed by atoms with Gasteiger partial charge in [0.15, 0.2) is 0 Å². The zero-order valence-corrected chi connectivity index (χ0v) is 11.1. The number of halogens is 1. The third-order valence-corrected chi connectivity index (χ3v) is 4.29. The van der Waals surface area contributed by atoms with Crippen LogP contribution < -0.4 is 10.6 Å². The second-order valence-corrected chi connectivity index (χ2v) is 5.70. The molecule has 3 rings (SSSR count). The molecule has 2 atom stereocenters. The van der Waals surface area contributed by atoms with Gasteiger partial charge in [-0.25, -0.2) is 4.39 Å². The van der Waals surface area contributed by atoms with Gasteiger partial charge in [-0.2, -0.15) is 0 Å². The van der Waals surface area contributed by atoms with Crippen LogP contribution in [0.25, 0.3) is 0 Å². The summed E-state index contributed by atoms with van der Waals surface area (Å²) in [4.78, 5) is 11.4. The molecule has 4 heteroatoms. The molecule has 0 radical (unpaired) electrons. The molecule has 3 nitrogen and oxygen atoms in total. The average Bonchev–Trinajstić information content (AvgIpc) is 2.77. The van der Waals surface area contributed by atoms with Gasteiger partial charge < -0.3 is 10.6 Å². The Morgan fingerprint density at radius 3 is 2.89 bits per heavy atom. The van der Waals surface area contributed by atoms with E-state index >= 15 is 0 Å². The van der Waals surface area contributed by atoms with E-state index < -0.39 is 0 Å². The predicted octanol–water partition coefficient (Wildman–Crippen LogP) is 3.31. The van der Waals surface area contributed by atoms with Crippen molar-refractivity contribution in [3.63, 3.8) is 0 Å². The maximum absolute atomic E-state index is 14.1. The van der Waals surface area contributed by atoms with Gasteiger partial charge in [0.2, 0.25) is 5.91 Å². The molecular formula is C15H19FN2O. The van der Waals surface area contributed by atoms with Crippen molar-refractivity contribution in [3.8, 4) is 0 Å². The predicted molar refractivity (Wildman–Crippen MR) is 73.8 cm³/mol. The highest BCUT2D eigenvalue weighted by Gasteiger charge is 2.25. The van der Waals surface area contributed by atoms with Crippen LogP contribution in [0.3, 0.4) is 0 Å². The van der Waals surface area contributed by atoms with E-state index in [2.05, 4.69) is 17.6 Å². The summed E-state index contributed by atoms with van der Waals surface area (Å²) in [5, 5.41) is 6.12. The second kappa shape index (κ2) is 4.83. The second-order valence-electron chi connectivity index (χ2n) is 5.70. The molecule has 0 bridgehead atoms. The summed E-state index contributed by atoms with van der Waals surface area (Å²) in [6.07, 6.45) is 4.55. The van der Waals surface area contributed by atoms with Crippen molar-refractivity contribution in [2.24, 2.45) is 5.92 Å². The maximum atomic E-state index is 14.1. The number of carbonyl (C=O) groups is 1. The van der Waals surface area contributed by atoms with Crippen molar-refractivity contribution >= 4 is 17.3 Å². The molecule has 0 spiro atoms. The summed E-state index contributed by atoms with van der Waals surface area (Å²) in [5.74, 6) is 0.373. The Labute approximate surface area is 112 Å². The van der Waals surface area contributed by atoms with Crippen molar-refractivity contribution in [3.05, 3.63) is 23.5 Å². The largest absolute Gasteiger partial charge is 0.380 e. The van der Waals surface area contributed by atoms with E-state index in [1.165, 1.54) is 12.8 Å². The van der Waals surface area contributed by atoms with Crippen LogP contribution in [0.2, 0.25) is 0 Å². The third kappa shape index (κ3) is 2.44. The Bertz CT molecular complexity index is 515. The number of hydrogen-bond donors (Lipinski definition) is 2. The highest BCUT2D eigenvalue weighted by Crippen LogP contribution is 2.32. The molecule has 1 saturated carbocycles. The first kappa shape index (κ1) is 12.5. The standard InChI is InChI=1S/C15H19FN2O/c1-9-3-2-4-12(9)17-14-8-13-10(7-11(14)16)5-6-15(19)18-13/h7-9,12,17H,2-6H2,1H3,(H,18,19). The molecule has 2 N–H and O–H groups in total. The molecule has 1 aliphatic carbocycles. The van der Waals surface area contributed by atoms with Gasteiger partial charge in [0.1, 0.15) is 5.82 Å². The number of anilines is 2. The van der Waals surface area contributed by atoms with E-state index in [1.807, 2.05) is 0 Å². The number of hydrogen-bond acceptors (Lipinski definition) is 2. The highest BCUT2D eigenvalue weighted by atomic mass is 19.1. The lowest BCUT2D eigenvalue weighted by Crippen LogP contribution is -2.24. The van der Waals surface area contributed by atoms with Crippen molar-refractivity contribution in [1.82, 2.24) is 0 Å². The van der Waals surface area contributed by atoms with Gasteiger partial charge in [-0.1, -0.05) is 13.3 Å². The average molecular weight is 262 g/mol. The molecule has 2 unspecified atom stereocenters. The monoisotopic (exact) mass is 262 g/mol. The topological polar surface area (TPSA) is 41.1 Å². The fraction of sp³-hybridized carbons (Fsp3) is 0.533. The molecule has 1 aliphatic heterocycles. The zero-order valence-electron chi connectivity index (χ0n) is 11.1. The molecule has 1 aromatic rings. The zero-order chi connectivity index (χ0) is 13.4. The van der Waals surface area contributed by atoms with Crippen molar-refractivity contribution in [2.45, 2.75) is 45.1 Å². The molecule has 0 saturated heterocycles. The molecule has 2 aliphatic rings. The van der Waals surface area contributed by atoms with E-state index in [0.717, 1.165) is 17.7 Å². The van der Waals surface area contributed by atoms with E-state index in [4.69, 9.17) is 0 Å². The third-order valence-electron chi connectivity index (χ3n) is 4.29. The lowest BCUT2D eigenvalue weighted by atomic mass is 10.0. The van der Waals surface area contributed by atoms with Crippen molar-refractivity contribution in [1.29, 1.82) is 0 Å². The van der Waals surface area contributed by atoms with Gasteiger partial charge in [0, 0.05) is 18.2 Å². The molecule has 19 heavy (non-hydrogen) atoms. The molecule has 0 aromatic heterocycles. The number of fused-ring (bicyclic) bond motifs is 1. The molecule has 1 amide bonds. The molecule has 102 valence electrons. The van der Waals surface area contributed by atoms with Crippen LogP contribution in [0.4, 0.5) is 15.8 Å². The van der Waals surface area contributed by atoms with E-state index in [9.17, 15) is 9.18 Å². The van der Waals surface area contributed by atoms with Crippen LogP contribution in [-0.2, 0) is 11.2 Å². The van der Waals surface area contributed by atoms with Crippen molar-refractivity contribution in [2.75, 3.05) is 10.6 Å². The summed E-state index contributed by atoms with van der Waals surface area (Å²) < 4.78 is 14.1. The number of nitrogens with one attached hydrogen (secondary N) is 2. The number of aryl methyl sites for hydroxylation is 1. The minimum atomic E-state index is -0.214. The first-order chi connectivity index (χ1) is 9.13. The molecular weight excluding hydrogens is 243 g/mol. The van der Waals surface area contributed by atoms with E-state index in [0.29, 0.717) is 30.5 Å². The van der Waals surface area contributed by atoms with Gasteiger partial charge in [-0.15, -0.1) is 0 Å². The van der Waals surface area contributed by atoms with Crippen LogP contribution in [-0.4, -0.2) is 11.9 Å². The minimum absolute atomic E-state index is 0.0132. The van der Waals surface area contributed by atoms with Crippen LogP contribution in [0, 0.1) is 11.7 Å². The number of amides is 1. The van der Waals surface area contributed by atoms with Crippen LogP contribution in [0.5, 0.6) is 0 Å². The number of benzene rings is 1. The Morgan fingerprint density at radius 1 is 1.32 bits per heavy atom. The summed E-state index contributed by atoms with van der Waals surface area (Å²) in [5.41, 5.74) is 2.16.